The predicted octanol–water partition coefficient (Wildman–Crippen LogP) is 3.07. The second-order valence-corrected chi connectivity index (χ2v) is 5.43. The molecule has 0 radical (unpaired) electrons. The van der Waals surface area contributed by atoms with Gasteiger partial charge in [-0.1, -0.05) is 6.92 Å². The highest BCUT2D eigenvalue weighted by atomic mass is 16.5. The molecule has 1 aromatic rings. The molecule has 0 amide bonds. The zero-order valence-corrected chi connectivity index (χ0v) is 13.4. The summed E-state index contributed by atoms with van der Waals surface area (Å²) < 4.78 is 5.65. The summed E-state index contributed by atoms with van der Waals surface area (Å²) in [5.74, 6) is 0.945. The summed E-state index contributed by atoms with van der Waals surface area (Å²) in [6, 6.07) is 2.07. The third-order valence-corrected chi connectivity index (χ3v) is 4.06. The largest absolute Gasteiger partial charge is 0.494 e. The fourth-order valence-corrected chi connectivity index (χ4v) is 2.55. The number of hydrogen-bond donors (Lipinski definition) is 2. The van der Waals surface area contributed by atoms with Crippen LogP contribution in [-0.4, -0.2) is 29.0 Å². The third kappa shape index (κ3) is 3.97. The van der Waals surface area contributed by atoms with Crippen molar-refractivity contribution in [1.82, 2.24) is 0 Å². The molecule has 2 N–H and O–H groups in total. The van der Waals surface area contributed by atoms with E-state index in [4.69, 9.17) is 4.74 Å². The van der Waals surface area contributed by atoms with Crippen LogP contribution in [0.1, 0.15) is 48.9 Å². The van der Waals surface area contributed by atoms with Crippen LogP contribution in [0.15, 0.2) is 6.07 Å². The maximum Gasteiger partial charge on any atom is 0.122 e. The molecule has 0 bridgehead atoms. The minimum atomic E-state index is -0.648. The Morgan fingerprint density at radius 3 is 2.25 bits per heavy atom. The van der Waals surface area contributed by atoms with Crippen LogP contribution in [-0.2, 0) is 6.42 Å². The Labute approximate surface area is 122 Å². The van der Waals surface area contributed by atoms with Crippen molar-refractivity contribution in [2.75, 3.05) is 6.61 Å². The molecule has 1 aromatic carbocycles. The van der Waals surface area contributed by atoms with E-state index in [0.29, 0.717) is 19.4 Å². The first-order valence-electron chi connectivity index (χ1n) is 7.50. The molecule has 2 atom stereocenters. The van der Waals surface area contributed by atoms with Gasteiger partial charge in [0.25, 0.3) is 0 Å². The molecule has 3 nitrogen and oxygen atoms in total. The second kappa shape index (κ2) is 7.65. The molecule has 0 spiro atoms. The molecule has 0 saturated carbocycles. The normalized spacial score (nSPS) is 14.2. The van der Waals surface area contributed by atoms with E-state index in [0.717, 1.165) is 17.7 Å². The molecule has 114 valence electrons. The van der Waals surface area contributed by atoms with Gasteiger partial charge in [-0.25, -0.2) is 0 Å². The fraction of sp³-hybridized carbons (Fsp3) is 0.647. The van der Waals surface area contributed by atoms with Crippen LogP contribution in [0, 0.1) is 20.8 Å². The molecule has 0 aliphatic heterocycles. The van der Waals surface area contributed by atoms with Crippen molar-refractivity contribution in [2.45, 2.75) is 66.1 Å². The molecule has 0 aromatic heterocycles. The van der Waals surface area contributed by atoms with Gasteiger partial charge in [-0.2, -0.15) is 0 Å². The molecule has 0 aliphatic rings. The van der Waals surface area contributed by atoms with Crippen molar-refractivity contribution in [1.29, 1.82) is 0 Å². The average molecular weight is 280 g/mol. The zero-order chi connectivity index (χ0) is 15.3. The van der Waals surface area contributed by atoms with E-state index in [9.17, 15) is 10.2 Å². The second-order valence-electron chi connectivity index (χ2n) is 5.43. The number of ether oxygens (including phenoxy) is 1. The molecule has 20 heavy (non-hydrogen) atoms. The SMILES string of the molecule is CCOc1cc(C)c(CCC(O)C(O)CC)c(C)c1C. The van der Waals surface area contributed by atoms with Crippen LogP contribution in [0.4, 0.5) is 0 Å². The van der Waals surface area contributed by atoms with E-state index in [2.05, 4.69) is 26.8 Å². The summed E-state index contributed by atoms with van der Waals surface area (Å²) >= 11 is 0. The standard InChI is InChI=1S/C17H28O3/c1-6-15(18)16(19)9-8-14-11(3)10-17(20-7-2)13(5)12(14)4/h10,15-16,18-19H,6-9H2,1-5H3. The van der Waals surface area contributed by atoms with Crippen LogP contribution in [0.5, 0.6) is 5.75 Å². The Morgan fingerprint density at radius 1 is 1.05 bits per heavy atom. The van der Waals surface area contributed by atoms with E-state index < -0.39 is 12.2 Å². The minimum Gasteiger partial charge on any atom is -0.494 e. The highest BCUT2D eigenvalue weighted by Crippen LogP contribution is 2.29. The highest BCUT2D eigenvalue weighted by molar-refractivity contribution is 5.48. The first kappa shape index (κ1) is 17.0. The lowest BCUT2D eigenvalue weighted by molar-refractivity contribution is 0.0130. The zero-order valence-electron chi connectivity index (χ0n) is 13.4. The number of hydrogen-bond acceptors (Lipinski definition) is 3. The van der Waals surface area contributed by atoms with Crippen LogP contribution >= 0.6 is 0 Å². The quantitative estimate of drug-likeness (QED) is 0.807. The van der Waals surface area contributed by atoms with Crippen LogP contribution in [0.3, 0.4) is 0 Å². The Morgan fingerprint density at radius 2 is 1.70 bits per heavy atom. The first-order chi connectivity index (χ1) is 9.42. The van der Waals surface area contributed by atoms with Gasteiger partial charge in [-0.05, 0) is 75.3 Å². The van der Waals surface area contributed by atoms with Gasteiger partial charge in [0, 0.05) is 0 Å². The molecular formula is C17H28O3. The van der Waals surface area contributed by atoms with Crippen LogP contribution in [0.2, 0.25) is 0 Å². The van der Waals surface area contributed by atoms with Gasteiger partial charge >= 0.3 is 0 Å². The summed E-state index contributed by atoms with van der Waals surface area (Å²) in [4.78, 5) is 0. The summed E-state index contributed by atoms with van der Waals surface area (Å²) in [7, 11) is 0. The van der Waals surface area contributed by atoms with Gasteiger partial charge < -0.3 is 14.9 Å². The van der Waals surface area contributed by atoms with E-state index in [-0.39, 0.29) is 0 Å². The van der Waals surface area contributed by atoms with Gasteiger partial charge in [-0.15, -0.1) is 0 Å². The molecule has 3 heteroatoms. The third-order valence-electron chi connectivity index (χ3n) is 4.06. The lowest BCUT2D eigenvalue weighted by Gasteiger charge is -2.20. The van der Waals surface area contributed by atoms with E-state index in [1.54, 1.807) is 0 Å². The Hall–Kier alpha value is -1.06. The Kier molecular flexibility index (Phi) is 6.50. The van der Waals surface area contributed by atoms with E-state index >= 15 is 0 Å². The molecule has 0 aliphatic carbocycles. The summed E-state index contributed by atoms with van der Waals surface area (Å²) in [5, 5.41) is 19.5. The minimum absolute atomic E-state index is 0.585. The van der Waals surface area contributed by atoms with Gasteiger partial charge in [0.2, 0.25) is 0 Å². The van der Waals surface area contributed by atoms with Crippen molar-refractivity contribution in [3.8, 4) is 5.75 Å². The van der Waals surface area contributed by atoms with Gasteiger partial charge in [-0.3, -0.25) is 0 Å². The number of aliphatic hydroxyl groups excluding tert-OH is 2. The lowest BCUT2D eigenvalue weighted by atomic mass is 9.92. The molecule has 0 heterocycles. The summed E-state index contributed by atoms with van der Waals surface area (Å²) in [6.45, 7) is 10.8. The maximum absolute atomic E-state index is 9.89. The average Bonchev–Trinajstić information content (AvgIpc) is 2.43. The molecular weight excluding hydrogens is 252 g/mol. The lowest BCUT2D eigenvalue weighted by Crippen LogP contribution is -2.25. The molecule has 0 saturated heterocycles. The van der Waals surface area contributed by atoms with Crippen molar-refractivity contribution in [3.05, 3.63) is 28.3 Å². The van der Waals surface area contributed by atoms with Crippen molar-refractivity contribution >= 4 is 0 Å². The summed E-state index contributed by atoms with van der Waals surface area (Å²) in [6.07, 6.45) is 0.680. The number of aliphatic hydroxyl groups is 2. The molecule has 0 fully saturated rings. The molecule has 2 unspecified atom stereocenters. The fourth-order valence-electron chi connectivity index (χ4n) is 2.55. The van der Waals surface area contributed by atoms with Crippen molar-refractivity contribution in [2.24, 2.45) is 0 Å². The van der Waals surface area contributed by atoms with Gasteiger partial charge in [0.1, 0.15) is 5.75 Å². The van der Waals surface area contributed by atoms with Crippen molar-refractivity contribution < 1.29 is 14.9 Å². The predicted molar refractivity (Wildman–Crippen MR) is 82.4 cm³/mol. The summed E-state index contributed by atoms with van der Waals surface area (Å²) in [5.41, 5.74) is 4.84. The van der Waals surface area contributed by atoms with Crippen molar-refractivity contribution in [3.63, 3.8) is 0 Å². The molecule has 1 rings (SSSR count). The topological polar surface area (TPSA) is 49.7 Å². The number of rotatable bonds is 7. The number of benzene rings is 1. The maximum atomic E-state index is 9.89. The van der Waals surface area contributed by atoms with Gasteiger partial charge in [0.05, 0.1) is 18.8 Å². The smallest absolute Gasteiger partial charge is 0.122 e. The van der Waals surface area contributed by atoms with E-state index in [1.165, 1.54) is 16.7 Å². The van der Waals surface area contributed by atoms with E-state index in [1.807, 2.05) is 13.8 Å². The Bertz CT molecular complexity index is 440. The Balaban J connectivity index is 2.88. The van der Waals surface area contributed by atoms with Gasteiger partial charge in [0.15, 0.2) is 0 Å². The first-order valence-corrected chi connectivity index (χ1v) is 7.50. The van der Waals surface area contributed by atoms with Crippen LogP contribution < -0.4 is 4.74 Å². The van der Waals surface area contributed by atoms with Crippen LogP contribution in [0.25, 0.3) is 0 Å². The monoisotopic (exact) mass is 280 g/mol. The number of aryl methyl sites for hydroxylation is 1. The highest BCUT2D eigenvalue weighted by Gasteiger charge is 2.16.